The van der Waals surface area contributed by atoms with Crippen molar-refractivity contribution in [2.45, 2.75) is 0 Å². The Hall–Kier alpha value is -3.85. The lowest BCUT2D eigenvalue weighted by Crippen LogP contribution is -2.44. The van der Waals surface area contributed by atoms with Crippen molar-refractivity contribution in [1.82, 2.24) is 40.0 Å². The van der Waals surface area contributed by atoms with E-state index in [1.54, 1.807) is 6.20 Å². The molecule has 5 aromatic rings. The van der Waals surface area contributed by atoms with Gasteiger partial charge in [-0.05, 0) is 37.4 Å². The van der Waals surface area contributed by atoms with Crippen LogP contribution in [-0.2, 0) is 0 Å². The number of rotatable bonds is 3. The van der Waals surface area contributed by atoms with Gasteiger partial charge >= 0.3 is 0 Å². The molecule has 0 aliphatic carbocycles. The zero-order valence-electron chi connectivity index (χ0n) is 17.1. The zero-order chi connectivity index (χ0) is 20.8. The Balaban J connectivity index is 1.44. The number of likely N-dealkylation sites (N-methyl/N-ethyl adjacent to an activating group) is 1. The molecule has 0 spiro atoms. The van der Waals surface area contributed by atoms with Crippen LogP contribution in [0.2, 0.25) is 0 Å². The fraction of sp³-hybridized carbons (Fsp3) is 0.227. The number of pyridine rings is 3. The van der Waals surface area contributed by atoms with E-state index in [0.29, 0.717) is 11.5 Å². The van der Waals surface area contributed by atoms with E-state index in [1.807, 2.05) is 42.6 Å². The molecule has 2 N–H and O–H groups in total. The molecule has 0 atom stereocenters. The first-order valence-electron chi connectivity index (χ1n) is 10.3. The van der Waals surface area contributed by atoms with Crippen LogP contribution >= 0.6 is 0 Å². The van der Waals surface area contributed by atoms with Crippen LogP contribution in [-0.4, -0.2) is 73.2 Å². The van der Waals surface area contributed by atoms with Crippen molar-refractivity contribution in [3.05, 3.63) is 48.8 Å². The molecule has 1 aliphatic rings. The number of hydrogen-bond donors (Lipinski definition) is 2. The summed E-state index contributed by atoms with van der Waals surface area (Å²) in [5.41, 5.74) is 5.72. The number of anilines is 1. The van der Waals surface area contributed by atoms with E-state index in [4.69, 9.17) is 9.97 Å². The van der Waals surface area contributed by atoms with Crippen LogP contribution in [0.3, 0.4) is 0 Å². The Bertz CT molecular complexity index is 1360. The van der Waals surface area contributed by atoms with E-state index in [2.05, 4.69) is 42.0 Å². The summed E-state index contributed by atoms with van der Waals surface area (Å²) in [7, 11) is 2.15. The minimum Gasteiger partial charge on any atom is -0.352 e. The van der Waals surface area contributed by atoms with Gasteiger partial charge in [-0.1, -0.05) is 6.07 Å². The molecule has 0 aromatic carbocycles. The monoisotopic (exact) mass is 411 g/mol. The van der Waals surface area contributed by atoms with Crippen molar-refractivity contribution in [2.75, 3.05) is 38.1 Å². The summed E-state index contributed by atoms with van der Waals surface area (Å²) in [6.07, 6.45) is 3.60. The molecular formula is C22H21N9. The molecule has 31 heavy (non-hydrogen) atoms. The Morgan fingerprint density at radius 2 is 1.71 bits per heavy atom. The molecule has 0 unspecified atom stereocenters. The third-order valence-corrected chi connectivity index (χ3v) is 5.74. The number of hydrogen-bond acceptors (Lipinski definition) is 7. The van der Waals surface area contributed by atoms with Crippen LogP contribution in [0.5, 0.6) is 0 Å². The van der Waals surface area contributed by atoms with Crippen molar-refractivity contribution >= 4 is 27.9 Å². The second kappa shape index (κ2) is 7.13. The molecule has 1 aliphatic heterocycles. The second-order valence-corrected chi connectivity index (χ2v) is 7.79. The number of nitrogens with one attached hydrogen (secondary N) is 2. The summed E-state index contributed by atoms with van der Waals surface area (Å²) >= 11 is 0. The van der Waals surface area contributed by atoms with Crippen LogP contribution in [0, 0.1) is 0 Å². The van der Waals surface area contributed by atoms with Crippen molar-refractivity contribution < 1.29 is 0 Å². The van der Waals surface area contributed by atoms with Gasteiger partial charge in [0.1, 0.15) is 11.0 Å². The number of aromatic nitrogens is 7. The highest BCUT2D eigenvalue weighted by molar-refractivity contribution is 5.93. The van der Waals surface area contributed by atoms with Gasteiger partial charge in [-0.3, -0.25) is 10.1 Å². The number of fused-ring (bicyclic) bond motifs is 2. The van der Waals surface area contributed by atoms with Crippen molar-refractivity contribution in [1.29, 1.82) is 0 Å². The standard InChI is InChI=1S/C22H21N9/c1-30-10-12-31(13-11-30)22-19-16(7-9-24-22)26-21(27-19)20-18-17(28-29-20)6-5-15(25-18)14-4-2-3-8-23-14/h2-9H,10-13H2,1H3,(H,26,27)(H,28,29). The Morgan fingerprint density at radius 3 is 2.55 bits per heavy atom. The number of imidazole rings is 1. The van der Waals surface area contributed by atoms with Crippen molar-refractivity contribution in [3.8, 4) is 22.9 Å². The Morgan fingerprint density at radius 1 is 0.806 bits per heavy atom. The van der Waals surface area contributed by atoms with Crippen LogP contribution in [0.25, 0.3) is 45.0 Å². The normalized spacial score (nSPS) is 15.2. The summed E-state index contributed by atoms with van der Waals surface area (Å²) in [5.74, 6) is 1.59. The van der Waals surface area contributed by atoms with Crippen molar-refractivity contribution in [3.63, 3.8) is 0 Å². The van der Waals surface area contributed by atoms with E-state index >= 15 is 0 Å². The van der Waals surface area contributed by atoms with E-state index in [-0.39, 0.29) is 0 Å². The first kappa shape index (κ1) is 18.0. The van der Waals surface area contributed by atoms with Gasteiger partial charge in [0, 0.05) is 38.6 Å². The van der Waals surface area contributed by atoms with E-state index in [0.717, 1.165) is 65.5 Å². The highest BCUT2D eigenvalue weighted by Crippen LogP contribution is 2.30. The van der Waals surface area contributed by atoms with Gasteiger partial charge in [-0.15, -0.1) is 0 Å². The molecule has 6 rings (SSSR count). The maximum Gasteiger partial charge on any atom is 0.161 e. The third kappa shape index (κ3) is 3.10. The summed E-state index contributed by atoms with van der Waals surface area (Å²) in [6.45, 7) is 3.90. The summed E-state index contributed by atoms with van der Waals surface area (Å²) in [5, 5.41) is 7.57. The molecule has 1 saturated heterocycles. The maximum absolute atomic E-state index is 4.89. The highest BCUT2D eigenvalue weighted by atomic mass is 15.3. The third-order valence-electron chi connectivity index (χ3n) is 5.74. The van der Waals surface area contributed by atoms with Crippen molar-refractivity contribution in [2.24, 2.45) is 0 Å². The van der Waals surface area contributed by atoms with E-state index < -0.39 is 0 Å². The van der Waals surface area contributed by atoms with Crippen LogP contribution in [0.15, 0.2) is 48.8 Å². The van der Waals surface area contributed by atoms with E-state index in [9.17, 15) is 0 Å². The second-order valence-electron chi connectivity index (χ2n) is 7.79. The smallest absolute Gasteiger partial charge is 0.161 e. The van der Waals surface area contributed by atoms with Crippen LogP contribution in [0.1, 0.15) is 0 Å². The molecule has 0 amide bonds. The number of piperazine rings is 1. The van der Waals surface area contributed by atoms with Gasteiger partial charge < -0.3 is 14.8 Å². The fourth-order valence-electron chi connectivity index (χ4n) is 4.00. The highest BCUT2D eigenvalue weighted by Gasteiger charge is 2.21. The molecule has 9 heteroatoms. The fourth-order valence-corrected chi connectivity index (χ4v) is 4.00. The molecule has 154 valence electrons. The maximum atomic E-state index is 4.89. The average Bonchev–Trinajstić information content (AvgIpc) is 3.43. The van der Waals surface area contributed by atoms with Gasteiger partial charge in [-0.2, -0.15) is 5.10 Å². The lowest BCUT2D eigenvalue weighted by atomic mass is 10.2. The topological polar surface area (TPSA) is 103 Å². The molecule has 9 nitrogen and oxygen atoms in total. The molecule has 1 fully saturated rings. The lowest BCUT2D eigenvalue weighted by molar-refractivity contribution is 0.312. The van der Waals surface area contributed by atoms with Gasteiger partial charge in [0.05, 0.1) is 22.4 Å². The SMILES string of the molecule is CN1CCN(c2nccc3[nH]c(-c4n[nH]c5ccc(-c6ccccn6)nc45)nc23)CC1. The minimum absolute atomic E-state index is 0.676. The molecule has 0 bridgehead atoms. The van der Waals surface area contributed by atoms with Gasteiger partial charge in [0.2, 0.25) is 0 Å². The first-order chi connectivity index (χ1) is 15.3. The van der Waals surface area contributed by atoms with Gasteiger partial charge in [0.25, 0.3) is 0 Å². The summed E-state index contributed by atoms with van der Waals surface area (Å²) in [4.78, 5) is 26.8. The molecule has 5 aromatic heterocycles. The van der Waals surface area contributed by atoms with E-state index in [1.165, 1.54) is 0 Å². The summed E-state index contributed by atoms with van der Waals surface area (Å²) in [6, 6.07) is 11.7. The van der Waals surface area contributed by atoms with Crippen LogP contribution in [0.4, 0.5) is 5.82 Å². The lowest BCUT2D eigenvalue weighted by Gasteiger charge is -2.33. The molecule has 0 radical (unpaired) electrons. The average molecular weight is 411 g/mol. The molecule has 6 heterocycles. The molecule has 0 saturated carbocycles. The quantitative estimate of drug-likeness (QED) is 0.471. The largest absolute Gasteiger partial charge is 0.352 e. The predicted molar refractivity (Wildman–Crippen MR) is 120 cm³/mol. The van der Waals surface area contributed by atoms with Gasteiger partial charge in [0.15, 0.2) is 17.3 Å². The van der Waals surface area contributed by atoms with Gasteiger partial charge in [-0.25, -0.2) is 15.0 Å². The number of nitrogens with zero attached hydrogens (tertiary/aromatic N) is 7. The van der Waals surface area contributed by atoms with Crippen LogP contribution < -0.4 is 4.90 Å². The Kier molecular flexibility index (Phi) is 4.13. The number of H-pyrrole nitrogens is 2. The zero-order valence-corrected chi connectivity index (χ0v) is 17.1. The predicted octanol–water partition coefficient (Wildman–Crippen LogP) is 2.71. The number of aromatic amines is 2. The Labute approximate surface area is 178 Å². The minimum atomic E-state index is 0.676. The summed E-state index contributed by atoms with van der Waals surface area (Å²) < 4.78 is 0. The first-order valence-corrected chi connectivity index (χ1v) is 10.3. The molecular weight excluding hydrogens is 390 g/mol.